The van der Waals surface area contributed by atoms with Crippen LogP contribution in [0.15, 0.2) is 30.3 Å². The highest BCUT2D eigenvalue weighted by Gasteiger charge is 2.30. The molecule has 0 N–H and O–H groups in total. The second kappa shape index (κ2) is 5.66. The van der Waals surface area contributed by atoms with Crippen LogP contribution in [-0.4, -0.2) is 32.1 Å². The molecular formula is C21H22N4O. The molecule has 2 aromatic heterocycles. The first-order valence-corrected chi connectivity index (χ1v) is 9.32. The molecule has 0 unspecified atom stereocenters. The Labute approximate surface area is 152 Å². The first kappa shape index (κ1) is 15.6. The van der Waals surface area contributed by atoms with Crippen LogP contribution >= 0.6 is 0 Å². The zero-order valence-electron chi connectivity index (χ0n) is 15.2. The van der Waals surface area contributed by atoms with Crippen LogP contribution in [0, 0.1) is 6.92 Å². The maximum absolute atomic E-state index is 13.4. The number of carbonyl (C=O) groups is 1. The van der Waals surface area contributed by atoms with Crippen molar-refractivity contribution in [1.29, 1.82) is 0 Å². The third-order valence-corrected chi connectivity index (χ3v) is 5.63. The maximum Gasteiger partial charge on any atom is 0.255 e. The monoisotopic (exact) mass is 346 g/mol. The van der Waals surface area contributed by atoms with Crippen molar-refractivity contribution in [2.45, 2.75) is 38.6 Å². The molecule has 0 spiro atoms. The van der Waals surface area contributed by atoms with Gasteiger partial charge in [-0.3, -0.25) is 9.48 Å². The summed E-state index contributed by atoms with van der Waals surface area (Å²) < 4.78 is 1.80. The first-order valence-electron chi connectivity index (χ1n) is 9.32. The highest BCUT2D eigenvalue weighted by atomic mass is 16.2. The first-order chi connectivity index (χ1) is 12.6. The summed E-state index contributed by atoms with van der Waals surface area (Å²) in [7, 11) is 1.91. The summed E-state index contributed by atoms with van der Waals surface area (Å²) in [5.41, 5.74) is 6.12. The Bertz CT molecular complexity index is 1030. The molecule has 1 fully saturated rings. The molecule has 1 saturated carbocycles. The van der Waals surface area contributed by atoms with Crippen molar-refractivity contribution in [2.75, 3.05) is 6.54 Å². The molecular weight excluding hydrogens is 324 g/mol. The lowest BCUT2D eigenvalue weighted by atomic mass is 9.98. The fraction of sp³-hybridized carbons (Fsp3) is 0.381. The molecule has 3 aromatic rings. The van der Waals surface area contributed by atoms with Crippen LogP contribution < -0.4 is 0 Å². The lowest BCUT2D eigenvalue weighted by Crippen LogP contribution is -2.36. The summed E-state index contributed by atoms with van der Waals surface area (Å²) in [4.78, 5) is 20.2. The average Bonchev–Trinajstić information content (AvgIpc) is 3.47. The van der Waals surface area contributed by atoms with E-state index >= 15 is 0 Å². The molecule has 5 rings (SSSR count). The van der Waals surface area contributed by atoms with Gasteiger partial charge in [-0.25, -0.2) is 4.98 Å². The Morgan fingerprint density at radius 2 is 1.96 bits per heavy atom. The number of pyridine rings is 1. The van der Waals surface area contributed by atoms with Crippen LogP contribution in [0.3, 0.4) is 0 Å². The van der Waals surface area contributed by atoms with E-state index in [0.29, 0.717) is 12.5 Å². The molecule has 0 bridgehead atoms. The predicted octanol–water partition coefficient (Wildman–Crippen LogP) is 3.35. The average molecular weight is 346 g/mol. The van der Waals surface area contributed by atoms with Crippen molar-refractivity contribution >= 4 is 16.9 Å². The van der Waals surface area contributed by atoms with Gasteiger partial charge in [0.1, 0.15) is 0 Å². The minimum atomic E-state index is 0.102. The number of aromatic nitrogens is 3. The van der Waals surface area contributed by atoms with E-state index in [1.807, 2.05) is 31.0 Å². The van der Waals surface area contributed by atoms with Crippen LogP contribution in [0.2, 0.25) is 0 Å². The second-order valence-electron chi connectivity index (χ2n) is 7.52. The number of rotatable bonds is 2. The maximum atomic E-state index is 13.4. The van der Waals surface area contributed by atoms with Gasteiger partial charge in [0, 0.05) is 31.7 Å². The van der Waals surface area contributed by atoms with Crippen LogP contribution in [0.5, 0.6) is 0 Å². The highest BCUT2D eigenvalue weighted by molar-refractivity contribution is 6.06. The van der Waals surface area contributed by atoms with E-state index in [1.165, 1.54) is 24.0 Å². The number of hydrogen-bond donors (Lipinski definition) is 0. The van der Waals surface area contributed by atoms with Crippen molar-refractivity contribution in [3.05, 3.63) is 58.4 Å². The van der Waals surface area contributed by atoms with Crippen molar-refractivity contribution in [2.24, 2.45) is 7.05 Å². The summed E-state index contributed by atoms with van der Waals surface area (Å²) in [5.74, 6) is 0.605. The molecule has 1 aliphatic carbocycles. The van der Waals surface area contributed by atoms with Gasteiger partial charge < -0.3 is 4.90 Å². The van der Waals surface area contributed by atoms with E-state index in [-0.39, 0.29) is 5.91 Å². The van der Waals surface area contributed by atoms with Gasteiger partial charge in [0.2, 0.25) is 0 Å². The number of amides is 1. The number of aryl methyl sites for hydroxylation is 2. The molecule has 1 aliphatic heterocycles. The topological polar surface area (TPSA) is 51.0 Å². The Hall–Kier alpha value is -2.69. The smallest absolute Gasteiger partial charge is 0.255 e. The second-order valence-corrected chi connectivity index (χ2v) is 7.52. The number of benzene rings is 1. The van der Waals surface area contributed by atoms with E-state index in [1.54, 1.807) is 4.68 Å². The van der Waals surface area contributed by atoms with Gasteiger partial charge >= 0.3 is 0 Å². The molecule has 0 saturated heterocycles. The third kappa shape index (κ3) is 2.42. The Morgan fingerprint density at radius 1 is 1.19 bits per heavy atom. The SMILES string of the molecule is Cc1nn(C)c2nc(C3CC3)cc(C(=O)N3CCc4ccccc4C3)c12. The fourth-order valence-electron chi connectivity index (χ4n) is 4.06. The molecule has 5 heteroatoms. The van der Waals surface area contributed by atoms with Gasteiger partial charge in [-0.15, -0.1) is 0 Å². The summed E-state index contributed by atoms with van der Waals surface area (Å²) in [6.07, 6.45) is 3.25. The van der Waals surface area contributed by atoms with E-state index in [2.05, 4.69) is 23.3 Å². The summed E-state index contributed by atoms with van der Waals surface area (Å²) in [5, 5.41) is 5.42. The Kier molecular flexibility index (Phi) is 3.39. The quantitative estimate of drug-likeness (QED) is 0.715. The highest BCUT2D eigenvalue weighted by Crippen LogP contribution is 2.40. The van der Waals surface area contributed by atoms with Crippen LogP contribution in [0.4, 0.5) is 0 Å². The van der Waals surface area contributed by atoms with E-state index in [4.69, 9.17) is 4.98 Å². The van der Waals surface area contributed by atoms with Gasteiger partial charge in [0.25, 0.3) is 5.91 Å². The zero-order valence-corrected chi connectivity index (χ0v) is 15.2. The Morgan fingerprint density at radius 3 is 2.73 bits per heavy atom. The molecule has 132 valence electrons. The molecule has 3 heterocycles. The standard InChI is InChI=1S/C21H22N4O/c1-13-19-17(11-18(15-7-8-15)22-20(19)24(2)23-13)21(26)25-10-9-14-5-3-4-6-16(14)12-25/h3-6,11,15H,7-10,12H2,1-2H3. The summed E-state index contributed by atoms with van der Waals surface area (Å²) >= 11 is 0. The van der Waals surface area contributed by atoms with Crippen LogP contribution in [0.25, 0.3) is 11.0 Å². The van der Waals surface area contributed by atoms with Crippen molar-refractivity contribution in [1.82, 2.24) is 19.7 Å². The Balaban J connectivity index is 1.59. The number of nitrogens with zero attached hydrogens (tertiary/aromatic N) is 4. The van der Waals surface area contributed by atoms with Crippen molar-refractivity contribution in [3.8, 4) is 0 Å². The van der Waals surface area contributed by atoms with Gasteiger partial charge in [-0.05, 0) is 43.4 Å². The van der Waals surface area contributed by atoms with Crippen molar-refractivity contribution < 1.29 is 4.79 Å². The predicted molar refractivity (Wildman–Crippen MR) is 100 cm³/mol. The van der Waals surface area contributed by atoms with Gasteiger partial charge in [-0.1, -0.05) is 24.3 Å². The lowest BCUT2D eigenvalue weighted by Gasteiger charge is -2.29. The van der Waals surface area contributed by atoms with Gasteiger partial charge in [0.05, 0.1) is 16.6 Å². The molecule has 1 aromatic carbocycles. The molecule has 5 nitrogen and oxygen atoms in total. The van der Waals surface area contributed by atoms with Gasteiger partial charge in [-0.2, -0.15) is 5.10 Å². The molecule has 1 amide bonds. The van der Waals surface area contributed by atoms with Crippen molar-refractivity contribution in [3.63, 3.8) is 0 Å². The molecule has 0 radical (unpaired) electrons. The van der Waals surface area contributed by atoms with Gasteiger partial charge in [0.15, 0.2) is 5.65 Å². The molecule has 2 aliphatic rings. The van der Waals surface area contributed by atoms with E-state index in [0.717, 1.165) is 41.0 Å². The van der Waals surface area contributed by atoms with E-state index < -0.39 is 0 Å². The van der Waals surface area contributed by atoms with E-state index in [9.17, 15) is 4.79 Å². The minimum Gasteiger partial charge on any atom is -0.334 e. The number of hydrogen-bond acceptors (Lipinski definition) is 3. The normalized spacial score (nSPS) is 16.8. The minimum absolute atomic E-state index is 0.102. The lowest BCUT2D eigenvalue weighted by molar-refractivity contribution is 0.0736. The molecule has 0 atom stereocenters. The van der Waals surface area contributed by atoms with Crippen LogP contribution in [-0.2, 0) is 20.0 Å². The fourth-order valence-corrected chi connectivity index (χ4v) is 4.06. The molecule has 26 heavy (non-hydrogen) atoms. The van der Waals surface area contributed by atoms with Crippen LogP contribution in [0.1, 0.15) is 51.6 Å². The largest absolute Gasteiger partial charge is 0.334 e. The summed E-state index contributed by atoms with van der Waals surface area (Å²) in [6.45, 7) is 3.40. The summed E-state index contributed by atoms with van der Waals surface area (Å²) in [6, 6.07) is 10.4. The number of carbonyl (C=O) groups excluding carboxylic acids is 1. The number of fused-ring (bicyclic) bond motifs is 2. The zero-order chi connectivity index (χ0) is 17.8. The third-order valence-electron chi connectivity index (χ3n) is 5.63.